The smallest absolute Gasteiger partial charge is 0.324 e. The number of carbonyl (C=O) groups is 2. The number of rotatable bonds is 9. The maximum atomic E-state index is 11.6. The van der Waals surface area contributed by atoms with E-state index in [0.717, 1.165) is 35.4 Å². The van der Waals surface area contributed by atoms with Crippen molar-refractivity contribution in [3.8, 4) is 11.4 Å². The number of carbonyl (C=O) groups excluding carboxylic acids is 2. The molecule has 0 spiro atoms. The lowest BCUT2D eigenvalue weighted by molar-refractivity contribution is -0.124. The highest BCUT2D eigenvalue weighted by molar-refractivity contribution is 7.99. The van der Waals surface area contributed by atoms with Crippen molar-refractivity contribution in [3.63, 3.8) is 0 Å². The lowest BCUT2D eigenvalue weighted by Gasteiger charge is -2.21. The van der Waals surface area contributed by atoms with Crippen molar-refractivity contribution >= 4 is 29.4 Å². The second-order valence-corrected chi connectivity index (χ2v) is 7.55. The van der Waals surface area contributed by atoms with E-state index in [4.69, 9.17) is 0 Å². The van der Waals surface area contributed by atoms with Crippen molar-refractivity contribution in [1.29, 1.82) is 0 Å². The van der Waals surface area contributed by atoms with Crippen LogP contribution in [-0.4, -0.2) is 63.5 Å². The number of thioether (sulfide) groups is 1. The van der Waals surface area contributed by atoms with Gasteiger partial charge in [0.05, 0.1) is 6.54 Å². The number of hydrogen-bond acceptors (Lipinski definition) is 6. The summed E-state index contributed by atoms with van der Waals surface area (Å²) in [5.41, 5.74) is 2.23. The molecule has 0 atom stereocenters. The highest BCUT2D eigenvalue weighted by Crippen LogP contribution is 2.25. The van der Waals surface area contributed by atoms with Gasteiger partial charge in [0.1, 0.15) is 0 Å². The Morgan fingerprint density at radius 2 is 1.86 bits per heavy atom. The first kappa shape index (κ1) is 20.2. The van der Waals surface area contributed by atoms with Crippen molar-refractivity contribution in [2.75, 3.05) is 36.8 Å². The minimum Gasteiger partial charge on any atom is -0.372 e. The third-order valence-corrected chi connectivity index (χ3v) is 5.89. The van der Waals surface area contributed by atoms with E-state index in [1.54, 1.807) is 11.8 Å². The van der Waals surface area contributed by atoms with Crippen LogP contribution in [0.15, 0.2) is 29.4 Å². The normalized spacial score (nSPS) is 13.9. The average Bonchev–Trinajstić information content (AvgIpc) is 3.23. The van der Waals surface area contributed by atoms with Gasteiger partial charge in [0, 0.05) is 43.7 Å². The number of hydrogen-bond donors (Lipinski definition) is 1. The Kier molecular flexibility index (Phi) is 6.56. The van der Waals surface area contributed by atoms with E-state index >= 15 is 0 Å². The predicted octanol–water partition coefficient (Wildman–Crippen LogP) is 2.36. The Morgan fingerprint density at radius 3 is 2.46 bits per heavy atom. The fourth-order valence-electron chi connectivity index (χ4n) is 3.17. The number of imide groups is 1. The number of nitrogens with one attached hydrogen (secondary N) is 1. The predicted molar refractivity (Wildman–Crippen MR) is 110 cm³/mol. The van der Waals surface area contributed by atoms with E-state index in [2.05, 4.69) is 58.5 Å². The molecule has 9 heteroatoms. The van der Waals surface area contributed by atoms with E-state index in [1.807, 2.05) is 11.6 Å². The Morgan fingerprint density at radius 1 is 1.14 bits per heavy atom. The zero-order valence-corrected chi connectivity index (χ0v) is 17.3. The molecule has 28 heavy (non-hydrogen) atoms. The van der Waals surface area contributed by atoms with Crippen molar-refractivity contribution in [2.24, 2.45) is 7.05 Å². The fraction of sp³-hybridized carbons (Fsp3) is 0.474. The molecule has 1 N–H and O–H groups in total. The van der Waals surface area contributed by atoms with Gasteiger partial charge in [-0.25, -0.2) is 4.79 Å². The summed E-state index contributed by atoms with van der Waals surface area (Å²) in [5, 5.41) is 12.0. The molecule has 2 heterocycles. The van der Waals surface area contributed by atoms with Gasteiger partial charge in [0.2, 0.25) is 5.91 Å². The monoisotopic (exact) mass is 402 g/mol. The van der Waals surface area contributed by atoms with Crippen LogP contribution in [0, 0.1) is 0 Å². The molecule has 1 aromatic carbocycles. The van der Waals surface area contributed by atoms with Crippen LogP contribution < -0.4 is 10.2 Å². The highest BCUT2D eigenvalue weighted by atomic mass is 32.2. The molecule has 1 aliphatic rings. The molecule has 0 aliphatic carbocycles. The van der Waals surface area contributed by atoms with Gasteiger partial charge < -0.3 is 14.8 Å². The largest absolute Gasteiger partial charge is 0.372 e. The van der Waals surface area contributed by atoms with Crippen LogP contribution in [0.2, 0.25) is 0 Å². The van der Waals surface area contributed by atoms with Crippen LogP contribution in [-0.2, 0) is 11.8 Å². The summed E-state index contributed by atoms with van der Waals surface area (Å²) in [6.07, 6.45) is 0.713. The minimum atomic E-state index is -0.302. The van der Waals surface area contributed by atoms with E-state index < -0.39 is 0 Å². The lowest BCUT2D eigenvalue weighted by atomic mass is 10.2. The maximum absolute atomic E-state index is 11.6. The molecule has 1 fully saturated rings. The summed E-state index contributed by atoms with van der Waals surface area (Å²) in [7, 11) is 1.95. The van der Waals surface area contributed by atoms with E-state index in [1.165, 1.54) is 10.6 Å². The maximum Gasteiger partial charge on any atom is 0.324 e. The van der Waals surface area contributed by atoms with Gasteiger partial charge in [0.25, 0.3) is 0 Å². The van der Waals surface area contributed by atoms with Gasteiger partial charge in [-0.15, -0.1) is 10.2 Å². The van der Waals surface area contributed by atoms with Crippen molar-refractivity contribution < 1.29 is 9.59 Å². The fourth-order valence-corrected chi connectivity index (χ4v) is 4.00. The third-order valence-electron chi connectivity index (χ3n) is 4.78. The van der Waals surface area contributed by atoms with Crippen LogP contribution >= 0.6 is 11.8 Å². The highest BCUT2D eigenvalue weighted by Gasteiger charge is 2.27. The number of amides is 3. The van der Waals surface area contributed by atoms with Crippen LogP contribution in [0.3, 0.4) is 0 Å². The Hall–Kier alpha value is -2.55. The Bertz CT molecular complexity index is 815. The SMILES string of the molecule is CCN(CC)c1ccc(-c2nnc(SCCCN3C(=O)CNC3=O)n2C)cc1. The molecule has 1 aliphatic heterocycles. The number of benzene rings is 1. The molecule has 1 aromatic heterocycles. The van der Waals surface area contributed by atoms with Crippen LogP contribution in [0.5, 0.6) is 0 Å². The Labute approximate surface area is 169 Å². The molecule has 3 amide bonds. The van der Waals surface area contributed by atoms with Gasteiger partial charge in [-0.2, -0.15) is 0 Å². The molecule has 150 valence electrons. The number of anilines is 1. The summed E-state index contributed by atoms with van der Waals surface area (Å²) >= 11 is 1.58. The van der Waals surface area contributed by atoms with Crippen LogP contribution in [0.25, 0.3) is 11.4 Å². The summed E-state index contributed by atoms with van der Waals surface area (Å²) in [4.78, 5) is 26.7. The molecule has 0 unspecified atom stereocenters. The van der Waals surface area contributed by atoms with Gasteiger partial charge in [-0.1, -0.05) is 11.8 Å². The van der Waals surface area contributed by atoms with Gasteiger partial charge in [-0.3, -0.25) is 9.69 Å². The molecule has 0 bridgehead atoms. The first-order valence-electron chi connectivity index (χ1n) is 9.50. The van der Waals surface area contributed by atoms with Gasteiger partial charge >= 0.3 is 6.03 Å². The van der Waals surface area contributed by atoms with Crippen LogP contribution in [0.4, 0.5) is 10.5 Å². The second-order valence-electron chi connectivity index (χ2n) is 6.49. The van der Waals surface area contributed by atoms with E-state index in [-0.39, 0.29) is 18.5 Å². The molecule has 3 rings (SSSR count). The zero-order valence-electron chi connectivity index (χ0n) is 16.5. The standard InChI is InChI=1S/C19H26N6O2S/c1-4-24(5-2)15-9-7-14(8-10-15)17-21-22-19(23(17)3)28-12-6-11-25-16(26)13-20-18(25)27/h7-10H,4-6,11-13H2,1-3H3,(H,20,27). The minimum absolute atomic E-state index is 0.103. The number of nitrogens with zero attached hydrogens (tertiary/aromatic N) is 5. The van der Waals surface area contributed by atoms with Crippen LogP contribution in [0.1, 0.15) is 20.3 Å². The first-order chi connectivity index (χ1) is 13.5. The number of urea groups is 1. The Balaban J connectivity index is 1.57. The average molecular weight is 403 g/mol. The molecule has 0 saturated carbocycles. The molecular weight excluding hydrogens is 376 g/mol. The lowest BCUT2D eigenvalue weighted by Crippen LogP contribution is -2.32. The number of aromatic nitrogens is 3. The van der Waals surface area contributed by atoms with E-state index in [0.29, 0.717) is 13.0 Å². The zero-order chi connectivity index (χ0) is 20.1. The molecule has 0 radical (unpaired) electrons. The summed E-state index contributed by atoms with van der Waals surface area (Å²) in [6, 6.07) is 8.07. The first-order valence-corrected chi connectivity index (χ1v) is 10.5. The second kappa shape index (κ2) is 9.09. The van der Waals surface area contributed by atoms with Crippen molar-refractivity contribution in [2.45, 2.75) is 25.4 Å². The molecule has 1 saturated heterocycles. The molecule has 2 aromatic rings. The molecule has 8 nitrogen and oxygen atoms in total. The molecular formula is C19H26N6O2S. The van der Waals surface area contributed by atoms with Crippen molar-refractivity contribution in [3.05, 3.63) is 24.3 Å². The van der Waals surface area contributed by atoms with Crippen molar-refractivity contribution in [1.82, 2.24) is 25.0 Å². The van der Waals surface area contributed by atoms with E-state index in [9.17, 15) is 9.59 Å². The topological polar surface area (TPSA) is 83.4 Å². The van der Waals surface area contributed by atoms with Gasteiger partial charge in [-0.05, 0) is 44.5 Å². The summed E-state index contributed by atoms with van der Waals surface area (Å²) in [6.45, 7) is 6.78. The van der Waals surface area contributed by atoms with Gasteiger partial charge in [0.15, 0.2) is 11.0 Å². The summed E-state index contributed by atoms with van der Waals surface area (Å²) < 4.78 is 1.98. The summed E-state index contributed by atoms with van der Waals surface area (Å²) in [5.74, 6) is 1.41. The quantitative estimate of drug-likeness (QED) is 0.394. The third kappa shape index (κ3) is 4.30.